The summed E-state index contributed by atoms with van der Waals surface area (Å²) in [7, 11) is 0. The number of phenolic OH excluding ortho intramolecular Hbond substituents is 6. The van der Waals surface area contributed by atoms with Gasteiger partial charge in [0.15, 0.2) is 41.2 Å². The van der Waals surface area contributed by atoms with Crippen molar-refractivity contribution in [1.82, 2.24) is 0 Å². The van der Waals surface area contributed by atoms with Crippen molar-refractivity contribution in [3.8, 4) is 51.6 Å². The second-order valence-electron chi connectivity index (χ2n) is 12.3. The SMILES string of the molecule is O=C(C=Cc1ccc(O)c(O)c1)O[C@H]1[C@H](OC[C@H]2O[C@@H](Oc3c(-c4ccc(O)c(O)c4)oc4cc(O)cc(O)c4c3=O)[C@H](O)[C@@H](O)[C@H]2O)OC[C@H](O)[C@@H]1O. The van der Waals surface area contributed by atoms with E-state index < -0.39 is 126 Å². The van der Waals surface area contributed by atoms with E-state index >= 15 is 0 Å². The van der Waals surface area contributed by atoms with Gasteiger partial charge >= 0.3 is 5.97 Å². The molecule has 0 spiro atoms. The predicted octanol–water partition coefficient (Wildman–Crippen LogP) is -0.400. The lowest BCUT2D eigenvalue weighted by Crippen LogP contribution is -2.61. The molecule has 19 nitrogen and oxygen atoms in total. The molecule has 0 radical (unpaired) electrons. The Balaban J connectivity index is 1.23. The number of aliphatic hydroxyl groups excluding tert-OH is 5. The number of benzene rings is 3. The number of ether oxygens (including phenoxy) is 5. The van der Waals surface area contributed by atoms with Gasteiger partial charge in [-0.25, -0.2) is 4.79 Å². The molecule has 6 rings (SSSR count). The van der Waals surface area contributed by atoms with E-state index in [9.17, 15) is 65.8 Å². The van der Waals surface area contributed by atoms with Crippen molar-refractivity contribution in [3.63, 3.8) is 0 Å². The van der Waals surface area contributed by atoms with Crippen molar-refractivity contribution in [2.75, 3.05) is 13.2 Å². The first-order chi connectivity index (χ1) is 25.6. The molecule has 0 unspecified atom stereocenters. The topological polar surface area (TPSA) is 316 Å². The molecule has 0 aliphatic carbocycles. The van der Waals surface area contributed by atoms with Crippen LogP contribution in [0.1, 0.15) is 5.56 Å². The molecule has 3 heterocycles. The van der Waals surface area contributed by atoms with Crippen LogP contribution in [0.2, 0.25) is 0 Å². The third-order valence-corrected chi connectivity index (χ3v) is 8.58. The zero-order chi connectivity index (χ0) is 39.0. The van der Waals surface area contributed by atoms with Crippen molar-refractivity contribution >= 4 is 23.0 Å². The van der Waals surface area contributed by atoms with E-state index in [0.29, 0.717) is 5.56 Å². The average molecular weight is 759 g/mol. The number of esters is 1. The summed E-state index contributed by atoms with van der Waals surface area (Å²) in [6, 6.07) is 8.85. The molecular weight excluding hydrogens is 724 g/mol. The summed E-state index contributed by atoms with van der Waals surface area (Å²) in [5.41, 5.74) is -1.17. The molecular formula is C35H34O19. The number of aliphatic hydroxyl groups is 5. The van der Waals surface area contributed by atoms with Crippen molar-refractivity contribution < 1.29 is 89.1 Å². The Bertz CT molecular complexity index is 2110. The van der Waals surface area contributed by atoms with Gasteiger partial charge in [-0.2, -0.15) is 0 Å². The number of rotatable bonds is 9. The molecule has 288 valence electrons. The Morgan fingerprint density at radius 3 is 2.19 bits per heavy atom. The standard InChI is InChI=1S/C35H34O19/c36-15-9-20(41)25-22(10-15)51-31(14-3-5-17(38)19(40)8-14)32(28(25)46)54-34-30(48)29(47)27(45)23(52-34)12-50-35-33(26(44)21(42)11-49-35)53-24(43)6-2-13-1-4-16(37)18(39)7-13/h1-10,21,23,26-27,29-30,33-42,44-45,47-48H,11-12H2/t21-,23+,26-,27-,29-,30+,33+,34-,35-/m0/s1. The van der Waals surface area contributed by atoms with E-state index in [4.69, 9.17) is 28.1 Å². The maximum Gasteiger partial charge on any atom is 0.331 e. The molecule has 19 heteroatoms. The van der Waals surface area contributed by atoms with Crippen LogP contribution in [0, 0.1) is 0 Å². The Morgan fingerprint density at radius 2 is 1.48 bits per heavy atom. The van der Waals surface area contributed by atoms with Crippen LogP contribution < -0.4 is 10.2 Å². The summed E-state index contributed by atoms with van der Waals surface area (Å²) in [5, 5.41) is 112. The van der Waals surface area contributed by atoms with Crippen LogP contribution in [0.4, 0.5) is 0 Å². The number of aromatic hydroxyl groups is 6. The monoisotopic (exact) mass is 758 g/mol. The minimum absolute atomic E-state index is 0.0697. The highest BCUT2D eigenvalue weighted by Crippen LogP contribution is 2.39. The molecule has 54 heavy (non-hydrogen) atoms. The Hall–Kier alpha value is -5.64. The fourth-order valence-corrected chi connectivity index (χ4v) is 5.70. The normalized spacial score (nSPS) is 27.2. The summed E-state index contributed by atoms with van der Waals surface area (Å²) in [6.07, 6.45) is -13.9. The van der Waals surface area contributed by atoms with E-state index in [2.05, 4.69) is 0 Å². The molecule has 2 fully saturated rings. The molecule has 2 aliphatic rings. The van der Waals surface area contributed by atoms with Gasteiger partial charge in [0, 0.05) is 23.8 Å². The van der Waals surface area contributed by atoms with E-state index in [1.54, 1.807) is 0 Å². The molecule has 3 aromatic carbocycles. The Morgan fingerprint density at radius 1 is 0.778 bits per heavy atom. The molecule has 11 N–H and O–H groups in total. The zero-order valence-electron chi connectivity index (χ0n) is 27.6. The van der Waals surface area contributed by atoms with Crippen molar-refractivity contribution in [3.05, 3.63) is 70.4 Å². The second-order valence-corrected chi connectivity index (χ2v) is 12.3. The fraction of sp³-hybridized carbons (Fsp3) is 0.314. The molecule has 2 aliphatic heterocycles. The third kappa shape index (κ3) is 7.69. The number of fused-ring (bicyclic) bond motifs is 1. The van der Waals surface area contributed by atoms with Gasteiger partial charge in [-0.1, -0.05) is 6.07 Å². The molecule has 2 saturated heterocycles. The van der Waals surface area contributed by atoms with Gasteiger partial charge in [-0.3, -0.25) is 4.79 Å². The number of carbonyl (C=O) groups is 1. The third-order valence-electron chi connectivity index (χ3n) is 8.58. The highest BCUT2D eigenvalue weighted by Gasteiger charge is 2.48. The average Bonchev–Trinajstić information content (AvgIpc) is 3.12. The van der Waals surface area contributed by atoms with Crippen molar-refractivity contribution in [2.45, 2.75) is 55.3 Å². The summed E-state index contributed by atoms with van der Waals surface area (Å²) in [4.78, 5) is 26.4. The smallest absolute Gasteiger partial charge is 0.331 e. The molecule has 9 atom stereocenters. The van der Waals surface area contributed by atoms with E-state index in [0.717, 1.165) is 36.4 Å². The van der Waals surface area contributed by atoms with E-state index in [-0.39, 0.29) is 16.9 Å². The van der Waals surface area contributed by atoms with Gasteiger partial charge in [0.2, 0.25) is 17.5 Å². The van der Waals surface area contributed by atoms with Gasteiger partial charge in [-0.05, 0) is 42.0 Å². The van der Waals surface area contributed by atoms with Crippen molar-refractivity contribution in [2.24, 2.45) is 0 Å². The summed E-state index contributed by atoms with van der Waals surface area (Å²) in [6.45, 7) is -1.19. The molecule has 0 saturated carbocycles. The highest BCUT2D eigenvalue weighted by molar-refractivity contribution is 5.89. The molecule has 0 bridgehead atoms. The van der Waals surface area contributed by atoms with Gasteiger partial charge < -0.3 is 84.3 Å². The van der Waals surface area contributed by atoms with Gasteiger partial charge in [0.25, 0.3) is 0 Å². The minimum atomic E-state index is -2.04. The zero-order valence-corrected chi connectivity index (χ0v) is 27.6. The Labute approximate surface area is 302 Å². The van der Waals surface area contributed by atoms with Crippen LogP contribution >= 0.6 is 0 Å². The maximum absolute atomic E-state index is 13.7. The molecule has 4 aromatic rings. The van der Waals surface area contributed by atoms with E-state index in [1.807, 2.05) is 0 Å². The first kappa shape index (κ1) is 38.1. The lowest BCUT2D eigenvalue weighted by molar-refractivity contribution is -0.308. The largest absolute Gasteiger partial charge is 0.508 e. The predicted molar refractivity (Wildman–Crippen MR) is 178 cm³/mol. The fourth-order valence-electron chi connectivity index (χ4n) is 5.70. The number of phenols is 6. The Kier molecular flexibility index (Phi) is 10.8. The minimum Gasteiger partial charge on any atom is -0.508 e. The number of carbonyl (C=O) groups excluding carboxylic acids is 1. The first-order valence-electron chi connectivity index (χ1n) is 16.0. The summed E-state index contributed by atoms with van der Waals surface area (Å²) < 4.78 is 33.5. The number of hydrogen-bond acceptors (Lipinski definition) is 19. The summed E-state index contributed by atoms with van der Waals surface area (Å²) >= 11 is 0. The van der Waals surface area contributed by atoms with Crippen LogP contribution in [0.25, 0.3) is 28.4 Å². The maximum atomic E-state index is 13.7. The van der Waals surface area contributed by atoms with Gasteiger partial charge in [0.1, 0.15) is 59.1 Å². The first-order valence-corrected chi connectivity index (χ1v) is 16.0. The van der Waals surface area contributed by atoms with Gasteiger partial charge in [0.05, 0.1) is 13.2 Å². The number of hydrogen-bond donors (Lipinski definition) is 11. The summed E-state index contributed by atoms with van der Waals surface area (Å²) in [5.74, 6) is -5.43. The van der Waals surface area contributed by atoms with Crippen molar-refractivity contribution in [1.29, 1.82) is 0 Å². The molecule has 0 amide bonds. The van der Waals surface area contributed by atoms with Crippen LogP contribution in [-0.4, -0.2) is 131 Å². The van der Waals surface area contributed by atoms with Crippen LogP contribution in [0.15, 0.2) is 63.8 Å². The van der Waals surface area contributed by atoms with Gasteiger partial charge in [-0.15, -0.1) is 0 Å². The second kappa shape index (κ2) is 15.4. The quantitative estimate of drug-likeness (QED) is 0.0588. The lowest BCUT2D eigenvalue weighted by atomic mass is 9.99. The highest BCUT2D eigenvalue weighted by atomic mass is 16.7. The van der Waals surface area contributed by atoms with Crippen LogP contribution in [0.3, 0.4) is 0 Å². The van der Waals surface area contributed by atoms with E-state index in [1.165, 1.54) is 24.3 Å². The molecule has 1 aromatic heterocycles. The lowest BCUT2D eigenvalue weighted by Gasteiger charge is -2.41. The van der Waals surface area contributed by atoms with Crippen LogP contribution in [0.5, 0.6) is 40.2 Å². The van der Waals surface area contributed by atoms with Crippen LogP contribution in [-0.2, 0) is 23.7 Å².